The molecule has 0 spiro atoms. The molecular weight excluding hydrogens is 218 g/mol. The number of ether oxygens (including phenoxy) is 1. The Kier molecular flexibility index (Phi) is 3.89. The van der Waals surface area contributed by atoms with Gasteiger partial charge in [0.2, 0.25) is 5.91 Å². The minimum atomic E-state index is -0.507. The lowest BCUT2D eigenvalue weighted by Crippen LogP contribution is -2.23. The van der Waals surface area contributed by atoms with E-state index in [1.807, 2.05) is 20.8 Å². The van der Waals surface area contributed by atoms with Crippen LogP contribution in [0.15, 0.2) is 24.3 Å². The quantitative estimate of drug-likeness (QED) is 0.801. The molecule has 4 heteroatoms. The summed E-state index contributed by atoms with van der Waals surface area (Å²) in [6, 6.07) is 6.58. The molecule has 0 heterocycles. The molecule has 0 fully saturated rings. The average Bonchev–Trinajstić information content (AvgIpc) is 2.15. The van der Waals surface area contributed by atoms with Gasteiger partial charge in [-0.2, -0.15) is 0 Å². The Morgan fingerprint density at radius 3 is 2.06 bits per heavy atom. The van der Waals surface area contributed by atoms with Crippen LogP contribution in [0, 0.1) is 0 Å². The monoisotopic (exact) mass is 235 g/mol. The fraction of sp³-hybridized carbons (Fsp3) is 0.385. The van der Waals surface area contributed by atoms with E-state index >= 15 is 0 Å². The molecule has 0 aliphatic rings. The number of carbonyl (C=O) groups excluding carboxylic acids is 2. The second-order valence-corrected chi connectivity index (χ2v) is 4.76. The van der Waals surface area contributed by atoms with E-state index in [4.69, 9.17) is 4.74 Å². The lowest BCUT2D eigenvalue weighted by Gasteiger charge is -2.19. The molecule has 1 aromatic rings. The van der Waals surface area contributed by atoms with Gasteiger partial charge in [0.1, 0.15) is 5.60 Å². The lowest BCUT2D eigenvalue weighted by molar-refractivity contribution is -0.114. The van der Waals surface area contributed by atoms with Crippen molar-refractivity contribution in [1.29, 1.82) is 0 Å². The third-order valence-electron chi connectivity index (χ3n) is 1.84. The summed E-state index contributed by atoms with van der Waals surface area (Å²) in [5, 5.41) is 2.63. The van der Waals surface area contributed by atoms with Gasteiger partial charge < -0.3 is 10.1 Å². The molecule has 1 rings (SSSR count). The number of amides is 1. The highest BCUT2D eigenvalue weighted by atomic mass is 16.6. The van der Waals surface area contributed by atoms with Crippen LogP contribution in [0.25, 0.3) is 0 Å². The van der Waals surface area contributed by atoms with E-state index in [2.05, 4.69) is 5.32 Å². The van der Waals surface area contributed by atoms with Gasteiger partial charge >= 0.3 is 5.97 Å². The highest BCUT2D eigenvalue weighted by Crippen LogP contribution is 2.14. The molecule has 92 valence electrons. The summed E-state index contributed by atoms with van der Waals surface area (Å²) < 4.78 is 5.22. The third kappa shape index (κ3) is 4.68. The summed E-state index contributed by atoms with van der Waals surface area (Å²) >= 11 is 0. The van der Waals surface area contributed by atoms with E-state index < -0.39 is 5.60 Å². The summed E-state index contributed by atoms with van der Waals surface area (Å²) in [4.78, 5) is 22.5. The topological polar surface area (TPSA) is 55.4 Å². The average molecular weight is 235 g/mol. The maximum atomic E-state index is 11.7. The number of anilines is 1. The SMILES string of the molecule is CC(=O)Nc1ccc(C(=O)OC(C)(C)C)cc1. The first-order valence-corrected chi connectivity index (χ1v) is 5.39. The van der Waals surface area contributed by atoms with Crippen LogP contribution in [0.4, 0.5) is 5.69 Å². The second kappa shape index (κ2) is 4.99. The second-order valence-electron chi connectivity index (χ2n) is 4.76. The molecule has 0 atom stereocenters. The van der Waals surface area contributed by atoms with Crippen LogP contribution in [0.3, 0.4) is 0 Å². The zero-order valence-corrected chi connectivity index (χ0v) is 10.5. The smallest absolute Gasteiger partial charge is 0.338 e. The zero-order chi connectivity index (χ0) is 13.1. The van der Waals surface area contributed by atoms with Gasteiger partial charge in [-0.05, 0) is 45.0 Å². The third-order valence-corrected chi connectivity index (χ3v) is 1.84. The van der Waals surface area contributed by atoms with Crippen molar-refractivity contribution < 1.29 is 14.3 Å². The molecule has 0 aromatic heterocycles. The van der Waals surface area contributed by atoms with Crippen molar-refractivity contribution in [2.24, 2.45) is 0 Å². The molecule has 0 saturated carbocycles. The molecule has 0 bridgehead atoms. The fourth-order valence-electron chi connectivity index (χ4n) is 1.23. The van der Waals surface area contributed by atoms with Gasteiger partial charge in [0.05, 0.1) is 5.56 Å². The van der Waals surface area contributed by atoms with Gasteiger partial charge in [-0.25, -0.2) is 4.79 Å². The van der Waals surface area contributed by atoms with Crippen LogP contribution in [0.1, 0.15) is 38.1 Å². The van der Waals surface area contributed by atoms with Gasteiger partial charge in [-0.3, -0.25) is 4.79 Å². The molecule has 0 aliphatic carbocycles. The largest absolute Gasteiger partial charge is 0.456 e. The first-order valence-electron chi connectivity index (χ1n) is 5.39. The van der Waals surface area contributed by atoms with Crippen LogP contribution >= 0.6 is 0 Å². The number of nitrogens with one attached hydrogen (secondary N) is 1. The summed E-state index contributed by atoms with van der Waals surface area (Å²) in [5.74, 6) is -0.512. The van der Waals surface area contributed by atoms with Crippen LogP contribution < -0.4 is 5.32 Å². The van der Waals surface area contributed by atoms with E-state index in [1.165, 1.54) is 6.92 Å². The Bertz CT molecular complexity index is 415. The van der Waals surface area contributed by atoms with Gasteiger partial charge in [-0.15, -0.1) is 0 Å². The molecule has 0 saturated heterocycles. The highest BCUT2D eigenvalue weighted by Gasteiger charge is 2.17. The predicted molar refractivity (Wildman–Crippen MR) is 65.9 cm³/mol. The van der Waals surface area contributed by atoms with Crippen molar-refractivity contribution in [3.8, 4) is 0 Å². The van der Waals surface area contributed by atoms with Crippen LogP contribution in [-0.2, 0) is 9.53 Å². The number of rotatable bonds is 2. The van der Waals surface area contributed by atoms with Gasteiger partial charge in [0, 0.05) is 12.6 Å². The number of esters is 1. The highest BCUT2D eigenvalue weighted by molar-refractivity contribution is 5.92. The maximum Gasteiger partial charge on any atom is 0.338 e. The van der Waals surface area contributed by atoms with Gasteiger partial charge in [0.25, 0.3) is 0 Å². The van der Waals surface area contributed by atoms with Crippen molar-refractivity contribution >= 4 is 17.6 Å². The first-order chi connectivity index (χ1) is 7.78. The number of benzene rings is 1. The maximum absolute atomic E-state index is 11.7. The standard InChI is InChI=1S/C13H17NO3/c1-9(15)14-11-7-5-10(6-8-11)12(16)17-13(2,3)4/h5-8H,1-4H3,(H,14,15). The van der Waals surface area contributed by atoms with E-state index in [-0.39, 0.29) is 11.9 Å². The van der Waals surface area contributed by atoms with Crippen LogP contribution in [0.2, 0.25) is 0 Å². The molecule has 17 heavy (non-hydrogen) atoms. The lowest BCUT2D eigenvalue weighted by atomic mass is 10.1. The molecule has 0 radical (unpaired) electrons. The van der Waals surface area contributed by atoms with E-state index in [0.29, 0.717) is 11.3 Å². The van der Waals surface area contributed by atoms with Crippen molar-refractivity contribution in [3.05, 3.63) is 29.8 Å². The summed E-state index contributed by atoms with van der Waals surface area (Å²) in [7, 11) is 0. The van der Waals surface area contributed by atoms with Crippen molar-refractivity contribution in [3.63, 3.8) is 0 Å². The van der Waals surface area contributed by atoms with Crippen molar-refractivity contribution in [2.75, 3.05) is 5.32 Å². The van der Waals surface area contributed by atoms with Gasteiger partial charge in [0.15, 0.2) is 0 Å². The Morgan fingerprint density at radius 2 is 1.65 bits per heavy atom. The van der Waals surface area contributed by atoms with Gasteiger partial charge in [-0.1, -0.05) is 0 Å². The molecule has 1 N–H and O–H groups in total. The van der Waals surface area contributed by atoms with E-state index in [0.717, 1.165) is 0 Å². The minimum Gasteiger partial charge on any atom is -0.456 e. The Morgan fingerprint density at radius 1 is 1.12 bits per heavy atom. The molecule has 1 aromatic carbocycles. The summed E-state index contributed by atoms with van der Waals surface area (Å²) in [6.07, 6.45) is 0. The van der Waals surface area contributed by atoms with Crippen molar-refractivity contribution in [2.45, 2.75) is 33.3 Å². The predicted octanol–water partition coefficient (Wildman–Crippen LogP) is 2.60. The molecule has 0 aliphatic heterocycles. The summed E-state index contributed by atoms with van der Waals surface area (Å²) in [6.45, 7) is 6.88. The molecule has 4 nitrogen and oxygen atoms in total. The Hall–Kier alpha value is -1.84. The first kappa shape index (κ1) is 13.2. The normalized spacial score (nSPS) is 10.8. The zero-order valence-electron chi connectivity index (χ0n) is 10.5. The van der Waals surface area contributed by atoms with E-state index in [9.17, 15) is 9.59 Å². The van der Waals surface area contributed by atoms with Crippen LogP contribution in [-0.4, -0.2) is 17.5 Å². The number of carbonyl (C=O) groups is 2. The van der Waals surface area contributed by atoms with Crippen molar-refractivity contribution in [1.82, 2.24) is 0 Å². The minimum absolute atomic E-state index is 0.144. The molecular formula is C13H17NO3. The Labute approximate surface area is 101 Å². The Balaban J connectivity index is 2.74. The van der Waals surface area contributed by atoms with E-state index in [1.54, 1.807) is 24.3 Å². The van der Waals surface area contributed by atoms with Crippen LogP contribution in [0.5, 0.6) is 0 Å². The number of hydrogen-bond acceptors (Lipinski definition) is 3. The molecule has 0 unspecified atom stereocenters. The molecule has 1 amide bonds. The summed E-state index contributed by atoms with van der Waals surface area (Å²) in [5.41, 5.74) is 0.617. The fourth-order valence-corrected chi connectivity index (χ4v) is 1.23. The number of hydrogen-bond donors (Lipinski definition) is 1.